The van der Waals surface area contributed by atoms with E-state index in [4.69, 9.17) is 20.8 Å². The molecular weight excluding hydrogens is 477 g/mol. The molecule has 0 unspecified atom stereocenters. The van der Waals surface area contributed by atoms with Gasteiger partial charge in [-0.1, -0.05) is 11.6 Å². The maximum absolute atomic E-state index is 12.8. The van der Waals surface area contributed by atoms with Gasteiger partial charge in [0.15, 0.2) is 0 Å². The van der Waals surface area contributed by atoms with Crippen molar-refractivity contribution in [2.75, 3.05) is 34.2 Å². The summed E-state index contributed by atoms with van der Waals surface area (Å²) in [6, 6.07) is 8.61. The van der Waals surface area contributed by atoms with E-state index in [-0.39, 0.29) is 23.7 Å². The second-order valence-electron chi connectivity index (χ2n) is 7.75. The fourth-order valence-corrected chi connectivity index (χ4v) is 3.07. The van der Waals surface area contributed by atoms with Gasteiger partial charge in [0.2, 0.25) is 5.89 Å². The third-order valence-corrected chi connectivity index (χ3v) is 5.03. The Balaban J connectivity index is 1.81. The fourth-order valence-electron chi connectivity index (χ4n) is 2.87. The van der Waals surface area contributed by atoms with Crippen LogP contribution in [-0.2, 0) is 12.7 Å². The number of aromatic nitrogens is 2. The standard InChI is InChI=1S/C22H22ClF3N4O4/c1-28(2)10-11-29(3)20(31)33-18-9-8-17(23)12-15(18)13-30-21(32)34-19(27-30)14-4-6-16(7-5-14)22(24,25)26/h4-9,12H,10-11,13H2,1-3H3. The smallest absolute Gasteiger partial charge is 0.410 e. The Labute approximate surface area is 198 Å². The molecule has 0 spiro atoms. The largest absolute Gasteiger partial charge is 0.437 e. The summed E-state index contributed by atoms with van der Waals surface area (Å²) >= 11 is 6.08. The van der Waals surface area contributed by atoms with Crippen LogP contribution < -0.4 is 10.5 Å². The summed E-state index contributed by atoms with van der Waals surface area (Å²) in [5.41, 5.74) is -0.251. The molecule has 0 aliphatic carbocycles. The van der Waals surface area contributed by atoms with Crippen molar-refractivity contribution < 1.29 is 27.1 Å². The molecular formula is C22H22ClF3N4O4. The number of hydrogen-bond acceptors (Lipinski definition) is 6. The third kappa shape index (κ3) is 6.39. The number of hydrogen-bond donors (Lipinski definition) is 0. The van der Waals surface area contributed by atoms with Crippen molar-refractivity contribution in [3.63, 3.8) is 0 Å². The molecule has 182 valence electrons. The number of likely N-dealkylation sites (N-methyl/N-ethyl adjacent to an activating group) is 2. The predicted octanol–water partition coefficient (Wildman–Crippen LogP) is 4.22. The normalized spacial score (nSPS) is 11.6. The van der Waals surface area contributed by atoms with Crippen LogP contribution in [0.4, 0.5) is 18.0 Å². The highest BCUT2D eigenvalue weighted by Gasteiger charge is 2.30. The zero-order valence-corrected chi connectivity index (χ0v) is 19.4. The Morgan fingerprint density at radius 2 is 1.79 bits per heavy atom. The van der Waals surface area contributed by atoms with Crippen LogP contribution in [0.2, 0.25) is 5.02 Å². The Bertz CT molecular complexity index is 1210. The van der Waals surface area contributed by atoms with Crippen molar-refractivity contribution in [3.8, 4) is 17.2 Å². The lowest BCUT2D eigenvalue weighted by Crippen LogP contribution is -2.35. The molecule has 0 N–H and O–H groups in total. The Hall–Kier alpha value is -3.31. The topological polar surface area (TPSA) is 80.8 Å². The van der Waals surface area contributed by atoms with E-state index in [9.17, 15) is 22.8 Å². The molecule has 12 heteroatoms. The minimum atomic E-state index is -4.49. The number of benzene rings is 2. The number of halogens is 4. The summed E-state index contributed by atoms with van der Waals surface area (Å²) in [6.07, 6.45) is -5.08. The number of carbonyl (C=O) groups is 1. The van der Waals surface area contributed by atoms with Gasteiger partial charge in [-0.2, -0.15) is 17.9 Å². The minimum Gasteiger partial charge on any atom is -0.410 e. The maximum atomic E-state index is 12.8. The molecule has 1 amide bonds. The first-order valence-corrected chi connectivity index (χ1v) is 10.4. The highest BCUT2D eigenvalue weighted by atomic mass is 35.5. The molecule has 1 aromatic heterocycles. The molecule has 0 aliphatic heterocycles. The molecule has 2 aromatic carbocycles. The third-order valence-electron chi connectivity index (χ3n) is 4.80. The second kappa shape index (κ2) is 10.3. The highest BCUT2D eigenvalue weighted by molar-refractivity contribution is 6.30. The lowest BCUT2D eigenvalue weighted by molar-refractivity contribution is -0.137. The summed E-state index contributed by atoms with van der Waals surface area (Å²) in [5.74, 6) is -0.810. The van der Waals surface area contributed by atoms with E-state index < -0.39 is 23.6 Å². The number of rotatable bonds is 7. The van der Waals surface area contributed by atoms with Crippen LogP contribution in [0.5, 0.6) is 5.75 Å². The highest BCUT2D eigenvalue weighted by Crippen LogP contribution is 2.30. The number of nitrogens with zero attached hydrogens (tertiary/aromatic N) is 4. The van der Waals surface area contributed by atoms with Crippen molar-refractivity contribution in [3.05, 3.63) is 69.2 Å². The van der Waals surface area contributed by atoms with Crippen LogP contribution in [-0.4, -0.2) is 59.9 Å². The van der Waals surface area contributed by atoms with Crippen LogP contribution in [0, 0.1) is 0 Å². The van der Waals surface area contributed by atoms with Crippen molar-refractivity contribution >= 4 is 17.7 Å². The molecule has 3 rings (SSSR count). The summed E-state index contributed by atoms with van der Waals surface area (Å²) in [7, 11) is 5.36. The Morgan fingerprint density at radius 3 is 2.41 bits per heavy atom. The molecule has 0 saturated carbocycles. The first-order valence-electron chi connectivity index (χ1n) is 10.1. The quantitative estimate of drug-likeness (QED) is 0.485. The number of carbonyl (C=O) groups excluding carboxylic acids is 1. The molecule has 1 heterocycles. The van der Waals surface area contributed by atoms with Crippen LogP contribution in [0.1, 0.15) is 11.1 Å². The monoisotopic (exact) mass is 498 g/mol. The van der Waals surface area contributed by atoms with E-state index in [1.54, 1.807) is 7.05 Å². The van der Waals surface area contributed by atoms with E-state index in [2.05, 4.69) is 5.10 Å². The van der Waals surface area contributed by atoms with Gasteiger partial charge in [0, 0.05) is 36.3 Å². The van der Waals surface area contributed by atoms with Crippen molar-refractivity contribution in [2.24, 2.45) is 0 Å². The Kier molecular flexibility index (Phi) is 7.68. The Morgan fingerprint density at radius 1 is 1.12 bits per heavy atom. The van der Waals surface area contributed by atoms with Crippen LogP contribution in [0.3, 0.4) is 0 Å². The molecule has 0 saturated heterocycles. The SMILES string of the molecule is CN(C)CCN(C)C(=O)Oc1ccc(Cl)cc1Cn1nc(-c2ccc(C(F)(F)F)cc2)oc1=O. The van der Waals surface area contributed by atoms with Gasteiger partial charge in [-0.05, 0) is 56.6 Å². The van der Waals surface area contributed by atoms with Gasteiger partial charge in [-0.15, -0.1) is 5.10 Å². The molecule has 3 aromatic rings. The number of amides is 1. The van der Waals surface area contributed by atoms with Crippen LogP contribution >= 0.6 is 11.6 Å². The van der Waals surface area contributed by atoms with E-state index >= 15 is 0 Å². The summed E-state index contributed by atoms with van der Waals surface area (Å²) in [4.78, 5) is 28.1. The van der Waals surface area contributed by atoms with Gasteiger partial charge in [0.1, 0.15) is 5.75 Å². The predicted molar refractivity (Wildman–Crippen MR) is 119 cm³/mol. The van der Waals surface area contributed by atoms with E-state index in [1.165, 1.54) is 23.1 Å². The van der Waals surface area contributed by atoms with Crippen LogP contribution in [0.25, 0.3) is 11.5 Å². The molecule has 0 aliphatic rings. The van der Waals surface area contributed by atoms with E-state index in [0.717, 1.165) is 28.9 Å². The minimum absolute atomic E-state index is 0.145. The molecule has 0 bridgehead atoms. The van der Waals surface area contributed by atoms with Crippen molar-refractivity contribution in [1.29, 1.82) is 0 Å². The second-order valence-corrected chi connectivity index (χ2v) is 8.19. The number of ether oxygens (including phenoxy) is 1. The lowest BCUT2D eigenvalue weighted by atomic mass is 10.1. The van der Waals surface area contributed by atoms with Gasteiger partial charge >= 0.3 is 18.0 Å². The van der Waals surface area contributed by atoms with Gasteiger partial charge in [0.25, 0.3) is 0 Å². The van der Waals surface area contributed by atoms with Crippen LogP contribution in [0.15, 0.2) is 51.7 Å². The first-order chi connectivity index (χ1) is 15.9. The average molecular weight is 499 g/mol. The van der Waals surface area contributed by atoms with Gasteiger partial charge in [-0.3, -0.25) is 0 Å². The van der Waals surface area contributed by atoms with E-state index in [0.29, 0.717) is 23.7 Å². The average Bonchev–Trinajstić information content (AvgIpc) is 3.13. The van der Waals surface area contributed by atoms with Crippen molar-refractivity contribution in [1.82, 2.24) is 19.6 Å². The van der Waals surface area contributed by atoms with E-state index in [1.807, 2.05) is 19.0 Å². The summed E-state index contributed by atoms with van der Waals surface area (Å²) in [5, 5.41) is 4.40. The van der Waals surface area contributed by atoms with Crippen molar-refractivity contribution in [2.45, 2.75) is 12.7 Å². The van der Waals surface area contributed by atoms with Gasteiger partial charge < -0.3 is 19.0 Å². The van der Waals surface area contributed by atoms with Gasteiger partial charge in [-0.25, -0.2) is 9.59 Å². The zero-order chi connectivity index (χ0) is 25.0. The zero-order valence-electron chi connectivity index (χ0n) is 18.6. The summed E-state index contributed by atoms with van der Waals surface area (Å²) in [6.45, 7) is 0.932. The molecule has 0 radical (unpaired) electrons. The lowest BCUT2D eigenvalue weighted by Gasteiger charge is -2.20. The first kappa shape index (κ1) is 25.3. The van der Waals surface area contributed by atoms with Gasteiger partial charge in [0.05, 0.1) is 12.1 Å². The fraction of sp³-hybridized carbons (Fsp3) is 0.318. The molecule has 0 fully saturated rings. The molecule has 34 heavy (non-hydrogen) atoms. The molecule has 0 atom stereocenters. The maximum Gasteiger partial charge on any atom is 0.437 e. The number of alkyl halides is 3. The molecule has 8 nitrogen and oxygen atoms in total. The summed E-state index contributed by atoms with van der Waals surface area (Å²) < 4.78 is 49.9.